The monoisotopic (exact) mass is 337 g/mol. The first-order valence-electron chi connectivity index (χ1n) is 7.65. The summed E-state index contributed by atoms with van der Waals surface area (Å²) >= 11 is 1.59. The van der Waals surface area contributed by atoms with Gasteiger partial charge in [0.2, 0.25) is 0 Å². The number of aromatic nitrogens is 1. The van der Waals surface area contributed by atoms with Crippen LogP contribution in [0.25, 0.3) is 0 Å². The number of benzene rings is 1. The third-order valence-electron chi connectivity index (χ3n) is 3.70. The summed E-state index contributed by atoms with van der Waals surface area (Å²) in [4.78, 5) is 7.85. The molecule has 1 fully saturated rings. The highest BCUT2D eigenvalue weighted by molar-refractivity contribution is 7.15. The van der Waals surface area contributed by atoms with Crippen LogP contribution in [0.5, 0.6) is 0 Å². The van der Waals surface area contributed by atoms with Crippen molar-refractivity contribution in [2.24, 2.45) is 0 Å². The molecule has 1 aliphatic heterocycles. The van der Waals surface area contributed by atoms with Crippen LogP contribution in [-0.2, 0) is 11.3 Å². The van der Waals surface area contributed by atoms with Gasteiger partial charge < -0.3 is 15.2 Å². The number of rotatable bonds is 6. The van der Waals surface area contributed by atoms with E-state index >= 15 is 0 Å². The zero-order valence-corrected chi connectivity index (χ0v) is 13.6. The minimum Gasteiger partial charge on any atom is -0.396 e. The van der Waals surface area contributed by atoms with Crippen molar-refractivity contribution in [3.05, 3.63) is 41.2 Å². The fourth-order valence-electron chi connectivity index (χ4n) is 2.56. The quantitative estimate of drug-likeness (QED) is 0.849. The van der Waals surface area contributed by atoms with E-state index in [4.69, 9.17) is 9.84 Å². The molecule has 0 bridgehead atoms. The lowest BCUT2D eigenvalue weighted by Gasteiger charge is -2.32. The van der Waals surface area contributed by atoms with Crippen LogP contribution in [0.1, 0.15) is 11.3 Å². The summed E-state index contributed by atoms with van der Waals surface area (Å²) in [6, 6.07) is 6.23. The Labute approximate surface area is 138 Å². The minimum absolute atomic E-state index is 0.110. The van der Waals surface area contributed by atoms with Crippen molar-refractivity contribution in [1.82, 2.24) is 9.88 Å². The van der Waals surface area contributed by atoms with Gasteiger partial charge in [0.15, 0.2) is 5.13 Å². The molecule has 1 unspecified atom stereocenters. The highest BCUT2D eigenvalue weighted by Gasteiger charge is 2.20. The number of ether oxygens (including phenoxy) is 1. The highest BCUT2D eigenvalue weighted by atomic mass is 32.1. The van der Waals surface area contributed by atoms with Crippen LogP contribution >= 0.6 is 11.3 Å². The molecule has 124 valence electrons. The van der Waals surface area contributed by atoms with Crippen molar-refractivity contribution in [3.63, 3.8) is 0 Å². The molecule has 0 amide bonds. The number of aliphatic hydroxyl groups is 1. The summed E-state index contributed by atoms with van der Waals surface area (Å²) in [7, 11) is 0. The maximum absolute atomic E-state index is 12.9. The van der Waals surface area contributed by atoms with Crippen molar-refractivity contribution >= 4 is 22.2 Å². The van der Waals surface area contributed by atoms with E-state index in [1.807, 2.05) is 6.20 Å². The van der Waals surface area contributed by atoms with Gasteiger partial charge in [0.25, 0.3) is 0 Å². The third-order valence-corrected chi connectivity index (χ3v) is 4.60. The van der Waals surface area contributed by atoms with E-state index in [1.54, 1.807) is 23.5 Å². The van der Waals surface area contributed by atoms with Gasteiger partial charge in [0.05, 0.1) is 12.7 Å². The summed E-state index contributed by atoms with van der Waals surface area (Å²) in [6.45, 7) is 3.41. The zero-order valence-electron chi connectivity index (χ0n) is 12.7. The molecule has 7 heteroatoms. The molecule has 1 aliphatic rings. The number of halogens is 1. The van der Waals surface area contributed by atoms with E-state index in [0.29, 0.717) is 13.0 Å². The molecule has 2 heterocycles. The number of thiazole rings is 1. The van der Waals surface area contributed by atoms with E-state index in [1.165, 1.54) is 17.0 Å². The van der Waals surface area contributed by atoms with Crippen molar-refractivity contribution < 1.29 is 14.2 Å². The maximum Gasteiger partial charge on any atom is 0.187 e. The molecule has 0 aliphatic carbocycles. The molecule has 23 heavy (non-hydrogen) atoms. The van der Waals surface area contributed by atoms with Crippen molar-refractivity contribution in [1.29, 1.82) is 0 Å². The van der Waals surface area contributed by atoms with Gasteiger partial charge in [0, 0.05) is 43.0 Å². The van der Waals surface area contributed by atoms with Gasteiger partial charge in [-0.15, -0.1) is 11.3 Å². The van der Waals surface area contributed by atoms with Crippen molar-refractivity contribution in [2.75, 3.05) is 31.6 Å². The van der Waals surface area contributed by atoms with Gasteiger partial charge >= 0.3 is 0 Å². The molecule has 1 aromatic carbocycles. The molecule has 0 spiro atoms. The molecule has 5 nitrogen and oxygen atoms in total. The average molecular weight is 337 g/mol. The predicted octanol–water partition coefficient (Wildman–Crippen LogP) is 2.61. The van der Waals surface area contributed by atoms with E-state index in [2.05, 4.69) is 15.2 Å². The summed E-state index contributed by atoms with van der Waals surface area (Å²) < 4.78 is 18.5. The number of nitrogens with zero attached hydrogens (tertiary/aromatic N) is 2. The van der Waals surface area contributed by atoms with Crippen LogP contribution in [0.4, 0.5) is 15.2 Å². The molecule has 1 aromatic heterocycles. The molecule has 2 N–H and O–H groups in total. The lowest BCUT2D eigenvalue weighted by atomic mass is 10.2. The fraction of sp³-hybridized carbons (Fsp3) is 0.438. The lowest BCUT2D eigenvalue weighted by molar-refractivity contribution is -0.0404. The van der Waals surface area contributed by atoms with Crippen LogP contribution in [0, 0.1) is 5.82 Å². The number of morpholine rings is 1. The SMILES string of the molecule is OCCC1CN(Cc2cnc(Nc3ccc(F)cc3)s2)CCO1. The Morgan fingerprint density at radius 3 is 3.00 bits per heavy atom. The van der Waals surface area contributed by atoms with E-state index < -0.39 is 0 Å². The molecule has 3 rings (SSSR count). The molecule has 1 atom stereocenters. The maximum atomic E-state index is 12.9. The van der Waals surface area contributed by atoms with Crippen LogP contribution < -0.4 is 5.32 Å². The van der Waals surface area contributed by atoms with Gasteiger partial charge in [0.1, 0.15) is 5.82 Å². The van der Waals surface area contributed by atoms with Crippen LogP contribution in [-0.4, -0.2) is 47.4 Å². The fourth-order valence-corrected chi connectivity index (χ4v) is 3.43. The Hall–Kier alpha value is -1.54. The highest BCUT2D eigenvalue weighted by Crippen LogP contribution is 2.24. The van der Waals surface area contributed by atoms with E-state index in [-0.39, 0.29) is 18.5 Å². The minimum atomic E-state index is -0.250. The first-order chi connectivity index (χ1) is 11.2. The zero-order chi connectivity index (χ0) is 16.1. The van der Waals surface area contributed by atoms with E-state index in [9.17, 15) is 4.39 Å². The average Bonchev–Trinajstić information content (AvgIpc) is 2.97. The van der Waals surface area contributed by atoms with Crippen LogP contribution in [0.15, 0.2) is 30.5 Å². The number of nitrogens with one attached hydrogen (secondary N) is 1. The number of hydrogen-bond acceptors (Lipinski definition) is 6. The van der Waals surface area contributed by atoms with Gasteiger partial charge in [-0.2, -0.15) is 0 Å². The van der Waals surface area contributed by atoms with E-state index in [0.717, 1.165) is 30.5 Å². The first-order valence-corrected chi connectivity index (χ1v) is 8.46. The topological polar surface area (TPSA) is 57.6 Å². The first kappa shape index (κ1) is 16.3. The second-order valence-corrected chi connectivity index (χ2v) is 6.62. The Kier molecular flexibility index (Phi) is 5.56. The Morgan fingerprint density at radius 2 is 2.22 bits per heavy atom. The second kappa shape index (κ2) is 7.83. The molecular weight excluding hydrogens is 317 g/mol. The Bertz CT molecular complexity index is 618. The third kappa shape index (κ3) is 4.71. The molecule has 0 radical (unpaired) electrons. The Balaban J connectivity index is 1.55. The van der Waals surface area contributed by atoms with Gasteiger partial charge in [-0.1, -0.05) is 0 Å². The molecular formula is C16H20FN3O2S. The van der Waals surface area contributed by atoms with Crippen molar-refractivity contribution in [2.45, 2.75) is 19.1 Å². The number of aliphatic hydroxyl groups excluding tert-OH is 1. The largest absolute Gasteiger partial charge is 0.396 e. The van der Waals surface area contributed by atoms with Crippen molar-refractivity contribution in [3.8, 4) is 0 Å². The summed E-state index contributed by atoms with van der Waals surface area (Å²) in [5.74, 6) is -0.250. The van der Waals surface area contributed by atoms with Gasteiger partial charge in [-0.05, 0) is 30.7 Å². The lowest BCUT2D eigenvalue weighted by Crippen LogP contribution is -2.42. The summed E-state index contributed by atoms with van der Waals surface area (Å²) in [6.07, 6.45) is 2.65. The molecule has 0 saturated carbocycles. The van der Waals surface area contributed by atoms with Gasteiger partial charge in [-0.3, -0.25) is 4.90 Å². The smallest absolute Gasteiger partial charge is 0.187 e. The second-order valence-electron chi connectivity index (χ2n) is 5.50. The standard InChI is InChI=1S/C16H20FN3O2S/c17-12-1-3-13(4-2-12)19-16-18-9-15(23-16)11-20-6-8-22-14(10-20)5-7-21/h1-4,9,14,21H,5-8,10-11H2,(H,18,19). The van der Waals surface area contributed by atoms with Crippen LogP contribution in [0.3, 0.4) is 0 Å². The van der Waals surface area contributed by atoms with Gasteiger partial charge in [-0.25, -0.2) is 9.37 Å². The molecule has 2 aromatic rings. The normalized spacial score (nSPS) is 19.0. The summed E-state index contributed by atoms with van der Waals surface area (Å²) in [5.41, 5.74) is 0.821. The summed E-state index contributed by atoms with van der Waals surface area (Å²) in [5, 5.41) is 13.0. The predicted molar refractivity (Wildman–Crippen MR) is 88.5 cm³/mol. The number of anilines is 2. The molecule has 1 saturated heterocycles. The Morgan fingerprint density at radius 1 is 1.39 bits per heavy atom. The number of hydrogen-bond donors (Lipinski definition) is 2. The van der Waals surface area contributed by atoms with Crippen LogP contribution in [0.2, 0.25) is 0 Å².